The maximum absolute atomic E-state index is 13.8. The number of nitrogens with zero attached hydrogens (tertiary/aromatic N) is 2. The van der Waals surface area contributed by atoms with Crippen LogP contribution in [0.1, 0.15) is 60.2 Å². The molecule has 1 aromatic heterocycles. The summed E-state index contributed by atoms with van der Waals surface area (Å²) in [5.41, 5.74) is 2.56. The third-order valence-corrected chi connectivity index (χ3v) is 7.46. The summed E-state index contributed by atoms with van der Waals surface area (Å²) in [6.45, 7) is 2.72. The molecule has 208 valence electrons. The molecule has 0 saturated heterocycles. The number of halogens is 2. The van der Waals surface area contributed by atoms with Crippen molar-refractivity contribution in [3.8, 4) is 0 Å². The van der Waals surface area contributed by atoms with Crippen molar-refractivity contribution in [1.29, 1.82) is 0 Å². The molecule has 8 nitrogen and oxygen atoms in total. The van der Waals surface area contributed by atoms with E-state index < -0.39 is 29.7 Å². The van der Waals surface area contributed by atoms with Crippen LogP contribution in [0, 0.1) is 11.6 Å². The lowest BCUT2D eigenvalue weighted by Crippen LogP contribution is -2.48. The lowest BCUT2D eigenvalue weighted by Gasteiger charge is -2.25. The van der Waals surface area contributed by atoms with Gasteiger partial charge >= 0.3 is 0 Å². The first-order chi connectivity index (χ1) is 18.8. The summed E-state index contributed by atoms with van der Waals surface area (Å²) in [6, 6.07) is 10.3. The number of hydrogen-bond acceptors (Lipinski definition) is 7. The molecule has 1 heterocycles. The minimum atomic E-state index is -1.05. The predicted octanol–water partition coefficient (Wildman–Crippen LogP) is 3.85. The highest BCUT2D eigenvalue weighted by molar-refractivity contribution is 7.15. The minimum absolute atomic E-state index is 0.00944. The molecule has 4 N–H and O–H groups in total. The average Bonchev–Trinajstić information content (AvgIpc) is 3.65. The van der Waals surface area contributed by atoms with Gasteiger partial charge < -0.3 is 21.1 Å². The quantitative estimate of drug-likeness (QED) is 0.239. The summed E-state index contributed by atoms with van der Waals surface area (Å²) in [7, 11) is 0. The summed E-state index contributed by atoms with van der Waals surface area (Å²) in [4.78, 5) is 25.0. The lowest BCUT2D eigenvalue weighted by molar-refractivity contribution is -0.125. The van der Waals surface area contributed by atoms with E-state index >= 15 is 0 Å². The fourth-order valence-electron chi connectivity index (χ4n) is 4.20. The highest BCUT2D eigenvalue weighted by Gasteiger charge is 2.28. The van der Waals surface area contributed by atoms with Crippen molar-refractivity contribution in [1.82, 2.24) is 20.8 Å². The fourth-order valence-corrected chi connectivity index (χ4v) is 5.13. The summed E-state index contributed by atoms with van der Waals surface area (Å²) in [6.07, 6.45) is 1.82. The van der Waals surface area contributed by atoms with Gasteiger partial charge in [-0.3, -0.25) is 9.59 Å². The van der Waals surface area contributed by atoms with E-state index in [9.17, 15) is 23.5 Å². The van der Waals surface area contributed by atoms with Crippen LogP contribution in [0.4, 0.5) is 13.9 Å². The van der Waals surface area contributed by atoms with Gasteiger partial charge in [-0.05, 0) is 54.5 Å². The van der Waals surface area contributed by atoms with Gasteiger partial charge in [-0.15, -0.1) is 10.2 Å². The van der Waals surface area contributed by atoms with Crippen molar-refractivity contribution < 1.29 is 23.5 Å². The van der Waals surface area contributed by atoms with Crippen LogP contribution in [0.2, 0.25) is 0 Å². The van der Waals surface area contributed by atoms with E-state index in [1.54, 1.807) is 0 Å². The van der Waals surface area contributed by atoms with E-state index in [0.29, 0.717) is 23.2 Å². The number of carbonyl (C=O) groups is 2. The second kappa shape index (κ2) is 13.7. The number of aromatic nitrogens is 2. The number of anilines is 1. The summed E-state index contributed by atoms with van der Waals surface area (Å²) in [5.74, 6) is -1.88. The van der Waals surface area contributed by atoms with Gasteiger partial charge in [-0.25, -0.2) is 8.78 Å². The first-order valence-electron chi connectivity index (χ1n) is 13.1. The van der Waals surface area contributed by atoms with E-state index in [2.05, 4.69) is 39.1 Å². The molecule has 0 aliphatic heterocycles. The Bertz CT molecular complexity index is 1260. The molecular formula is C28H33F2N5O3S. The third kappa shape index (κ3) is 9.15. The van der Waals surface area contributed by atoms with Crippen LogP contribution in [-0.4, -0.2) is 45.8 Å². The normalized spacial score (nSPS) is 14.6. The number of hydrogen-bond donors (Lipinski definition) is 4. The average molecular weight is 558 g/mol. The van der Waals surface area contributed by atoms with Gasteiger partial charge in [0.1, 0.15) is 16.6 Å². The zero-order valence-electron chi connectivity index (χ0n) is 21.8. The highest BCUT2D eigenvalue weighted by atomic mass is 32.1. The highest BCUT2D eigenvalue weighted by Crippen LogP contribution is 2.42. The van der Waals surface area contributed by atoms with Crippen LogP contribution in [0.5, 0.6) is 0 Å². The molecule has 11 heteroatoms. The van der Waals surface area contributed by atoms with Crippen molar-refractivity contribution in [2.75, 3.05) is 11.9 Å². The Morgan fingerprint density at radius 2 is 1.74 bits per heavy atom. The smallest absolute Gasteiger partial charge is 0.226 e. The second-order valence-electron chi connectivity index (χ2n) is 9.80. The second-order valence-corrected chi connectivity index (χ2v) is 10.8. The van der Waals surface area contributed by atoms with Crippen molar-refractivity contribution in [2.24, 2.45) is 0 Å². The van der Waals surface area contributed by atoms with Crippen LogP contribution in [0.25, 0.3) is 0 Å². The number of benzene rings is 2. The molecule has 1 aliphatic rings. The Morgan fingerprint density at radius 1 is 1.03 bits per heavy atom. The topological polar surface area (TPSA) is 116 Å². The number of aliphatic hydroxyl groups excluding tert-OH is 1. The number of aliphatic hydroxyl groups is 1. The van der Waals surface area contributed by atoms with Crippen LogP contribution >= 0.6 is 11.3 Å². The molecule has 0 radical (unpaired) electrons. The van der Waals surface area contributed by atoms with E-state index in [4.69, 9.17) is 0 Å². The molecule has 1 saturated carbocycles. The Hall–Kier alpha value is -3.28. The van der Waals surface area contributed by atoms with Gasteiger partial charge in [0.2, 0.25) is 16.9 Å². The molecule has 2 amide bonds. The maximum atomic E-state index is 13.8. The van der Waals surface area contributed by atoms with Crippen LogP contribution in [0.15, 0.2) is 42.5 Å². The molecule has 4 rings (SSSR count). The number of rotatable bonds is 14. The molecule has 2 atom stereocenters. The van der Waals surface area contributed by atoms with Gasteiger partial charge in [-0.2, -0.15) is 0 Å². The molecule has 2 aromatic carbocycles. The SMILES string of the molecule is CCc1cccc(CNCC(O)C(Cc2cc(F)cc(F)c2)NC(=O)CCC(=O)Nc2nnc(C3CC3)s2)c1. The van der Waals surface area contributed by atoms with Gasteiger partial charge in [0.05, 0.1) is 12.1 Å². The fraction of sp³-hybridized carbons (Fsp3) is 0.429. The van der Waals surface area contributed by atoms with Crippen LogP contribution < -0.4 is 16.0 Å². The summed E-state index contributed by atoms with van der Waals surface area (Å²) >= 11 is 1.34. The van der Waals surface area contributed by atoms with Crippen LogP contribution in [-0.2, 0) is 29.0 Å². The molecular weight excluding hydrogens is 524 g/mol. The Kier molecular flexibility index (Phi) is 10.1. The van der Waals surface area contributed by atoms with Gasteiger partial charge in [0.15, 0.2) is 0 Å². The third-order valence-electron chi connectivity index (χ3n) is 6.46. The Balaban J connectivity index is 1.31. The molecule has 1 fully saturated rings. The zero-order chi connectivity index (χ0) is 27.8. The lowest BCUT2D eigenvalue weighted by atomic mass is 10.00. The molecule has 2 unspecified atom stereocenters. The number of carbonyl (C=O) groups excluding carboxylic acids is 2. The number of nitrogens with one attached hydrogen (secondary N) is 3. The van der Waals surface area contributed by atoms with E-state index in [-0.39, 0.29) is 31.7 Å². The van der Waals surface area contributed by atoms with E-state index in [0.717, 1.165) is 35.9 Å². The molecule has 3 aromatic rings. The maximum Gasteiger partial charge on any atom is 0.226 e. The molecule has 0 bridgehead atoms. The minimum Gasteiger partial charge on any atom is -0.390 e. The number of amides is 2. The summed E-state index contributed by atoms with van der Waals surface area (Å²) in [5, 5.41) is 28.8. The van der Waals surface area contributed by atoms with Crippen molar-refractivity contribution in [3.63, 3.8) is 0 Å². The summed E-state index contributed by atoms with van der Waals surface area (Å²) < 4.78 is 27.6. The Labute approximate surface area is 230 Å². The first-order valence-corrected chi connectivity index (χ1v) is 13.9. The van der Waals surface area contributed by atoms with Gasteiger partial charge in [0, 0.05) is 37.9 Å². The molecule has 1 aliphatic carbocycles. The standard InChI is InChI=1S/C28H33F2N5O3S/c1-2-17-4-3-5-18(10-17)15-31-16-24(36)23(13-19-11-21(29)14-22(30)12-19)32-25(37)8-9-26(38)33-28-35-34-27(39-28)20-6-7-20/h3-5,10-12,14,20,23-24,31,36H,2,6-9,13,15-16H2,1H3,(H,32,37)(H,33,35,38). The van der Waals surface area contributed by atoms with Crippen molar-refractivity contribution in [2.45, 2.75) is 70.1 Å². The van der Waals surface area contributed by atoms with Gasteiger partial charge in [0.25, 0.3) is 0 Å². The number of aryl methyl sites for hydroxylation is 1. The van der Waals surface area contributed by atoms with Crippen LogP contribution in [0.3, 0.4) is 0 Å². The first kappa shape index (κ1) is 28.7. The Morgan fingerprint density at radius 3 is 2.46 bits per heavy atom. The van der Waals surface area contributed by atoms with Crippen molar-refractivity contribution in [3.05, 3.63) is 75.8 Å². The van der Waals surface area contributed by atoms with E-state index in [1.807, 2.05) is 18.2 Å². The monoisotopic (exact) mass is 557 g/mol. The zero-order valence-corrected chi connectivity index (χ0v) is 22.6. The van der Waals surface area contributed by atoms with Crippen molar-refractivity contribution >= 4 is 28.3 Å². The van der Waals surface area contributed by atoms with E-state index in [1.165, 1.54) is 29.0 Å². The van der Waals surface area contributed by atoms with Gasteiger partial charge in [-0.1, -0.05) is 42.5 Å². The molecule has 0 spiro atoms. The molecule has 39 heavy (non-hydrogen) atoms. The largest absolute Gasteiger partial charge is 0.390 e. The predicted molar refractivity (Wildman–Crippen MR) is 145 cm³/mol.